The molecule has 0 fully saturated rings. The Morgan fingerprint density at radius 3 is 2.60 bits per heavy atom. The van der Waals surface area contributed by atoms with Crippen LogP contribution in [0.3, 0.4) is 0 Å². The second-order valence-electron chi connectivity index (χ2n) is 5.23. The van der Waals surface area contributed by atoms with Crippen molar-refractivity contribution < 1.29 is 14.3 Å². The lowest BCUT2D eigenvalue weighted by Gasteiger charge is -2.12. The average molecular weight is 362 g/mol. The number of hydrogen-bond donors (Lipinski definition) is 1. The highest BCUT2D eigenvalue weighted by Crippen LogP contribution is 2.23. The standard InChI is InChI=1S/C17H22N4O3S/c1-4-18-16(23)12(3)24-14(22)11-25-17-20-19-15(21(17)5-2)13-9-7-6-8-10-13/h6-10,12H,4-5,11H2,1-3H3,(H,18,23)/t12-/m0/s1. The molecule has 7 nitrogen and oxygen atoms in total. The van der Waals surface area contributed by atoms with Gasteiger partial charge in [0, 0.05) is 18.7 Å². The van der Waals surface area contributed by atoms with Gasteiger partial charge in [-0.05, 0) is 20.8 Å². The largest absolute Gasteiger partial charge is 0.452 e. The van der Waals surface area contributed by atoms with Gasteiger partial charge in [0.15, 0.2) is 17.1 Å². The first kappa shape index (κ1) is 19.0. The number of thioether (sulfide) groups is 1. The van der Waals surface area contributed by atoms with Crippen molar-refractivity contribution in [2.75, 3.05) is 12.3 Å². The van der Waals surface area contributed by atoms with Crippen LogP contribution in [0.4, 0.5) is 0 Å². The van der Waals surface area contributed by atoms with Crippen LogP contribution in [0.1, 0.15) is 20.8 Å². The number of nitrogens with zero attached hydrogens (tertiary/aromatic N) is 3. The maximum Gasteiger partial charge on any atom is 0.317 e. The number of ether oxygens (including phenoxy) is 1. The molecule has 134 valence electrons. The van der Waals surface area contributed by atoms with Crippen LogP contribution in [0.15, 0.2) is 35.5 Å². The number of benzene rings is 1. The number of carbonyl (C=O) groups excluding carboxylic acids is 2. The van der Waals surface area contributed by atoms with Gasteiger partial charge in [-0.25, -0.2) is 0 Å². The summed E-state index contributed by atoms with van der Waals surface area (Å²) in [5.74, 6) is 0.0608. The van der Waals surface area contributed by atoms with Crippen molar-refractivity contribution in [2.45, 2.75) is 38.6 Å². The summed E-state index contributed by atoms with van der Waals surface area (Å²) in [7, 11) is 0. The summed E-state index contributed by atoms with van der Waals surface area (Å²) in [6, 6.07) is 9.76. The van der Waals surface area contributed by atoms with Gasteiger partial charge in [0.25, 0.3) is 5.91 Å². The fraction of sp³-hybridized carbons (Fsp3) is 0.412. The molecule has 0 aliphatic rings. The topological polar surface area (TPSA) is 86.1 Å². The predicted molar refractivity (Wildman–Crippen MR) is 96.1 cm³/mol. The quantitative estimate of drug-likeness (QED) is 0.572. The normalized spacial score (nSPS) is 11.8. The summed E-state index contributed by atoms with van der Waals surface area (Å²) in [6.45, 7) is 6.54. The minimum Gasteiger partial charge on any atom is -0.452 e. The van der Waals surface area contributed by atoms with Gasteiger partial charge in [-0.15, -0.1) is 10.2 Å². The maximum absolute atomic E-state index is 11.9. The van der Waals surface area contributed by atoms with Crippen molar-refractivity contribution in [3.05, 3.63) is 30.3 Å². The zero-order valence-corrected chi connectivity index (χ0v) is 15.4. The van der Waals surface area contributed by atoms with Gasteiger partial charge in [0.05, 0.1) is 5.75 Å². The molecule has 0 unspecified atom stereocenters. The zero-order valence-electron chi connectivity index (χ0n) is 14.6. The Hall–Kier alpha value is -2.35. The number of hydrogen-bond acceptors (Lipinski definition) is 6. The van der Waals surface area contributed by atoms with E-state index in [4.69, 9.17) is 4.74 Å². The Bertz CT molecular complexity index is 718. The Morgan fingerprint density at radius 2 is 1.96 bits per heavy atom. The lowest BCUT2D eigenvalue weighted by Crippen LogP contribution is -2.35. The van der Waals surface area contributed by atoms with Crippen molar-refractivity contribution in [2.24, 2.45) is 0 Å². The lowest BCUT2D eigenvalue weighted by molar-refractivity contribution is -0.152. The van der Waals surface area contributed by atoms with Crippen LogP contribution in [0, 0.1) is 0 Å². The summed E-state index contributed by atoms with van der Waals surface area (Å²) in [4.78, 5) is 23.5. The smallest absolute Gasteiger partial charge is 0.317 e. The highest BCUT2D eigenvalue weighted by Gasteiger charge is 2.19. The molecule has 0 bridgehead atoms. The number of aromatic nitrogens is 3. The van der Waals surface area contributed by atoms with Crippen molar-refractivity contribution >= 4 is 23.6 Å². The first-order valence-electron chi connectivity index (χ1n) is 8.15. The van der Waals surface area contributed by atoms with Gasteiger partial charge in [0.2, 0.25) is 0 Å². The number of amides is 1. The Kier molecular flexibility index (Phi) is 7.00. The van der Waals surface area contributed by atoms with Gasteiger partial charge >= 0.3 is 5.97 Å². The van der Waals surface area contributed by atoms with E-state index in [9.17, 15) is 9.59 Å². The van der Waals surface area contributed by atoms with Gasteiger partial charge in [0.1, 0.15) is 0 Å². The fourth-order valence-corrected chi connectivity index (χ4v) is 2.99. The number of nitrogens with one attached hydrogen (secondary N) is 1. The van der Waals surface area contributed by atoms with E-state index in [2.05, 4.69) is 15.5 Å². The molecule has 1 aromatic carbocycles. The molecule has 0 spiro atoms. The molecule has 1 amide bonds. The number of esters is 1. The molecule has 1 heterocycles. The molecule has 0 saturated carbocycles. The van der Waals surface area contributed by atoms with E-state index in [0.29, 0.717) is 18.2 Å². The molecule has 2 rings (SSSR count). The van der Waals surface area contributed by atoms with Crippen molar-refractivity contribution in [3.63, 3.8) is 0 Å². The van der Waals surface area contributed by atoms with Crippen LogP contribution in [0.2, 0.25) is 0 Å². The van der Waals surface area contributed by atoms with E-state index < -0.39 is 12.1 Å². The zero-order chi connectivity index (χ0) is 18.2. The van der Waals surface area contributed by atoms with Crippen molar-refractivity contribution in [1.29, 1.82) is 0 Å². The fourth-order valence-electron chi connectivity index (χ4n) is 2.21. The van der Waals surface area contributed by atoms with Crippen LogP contribution in [-0.4, -0.2) is 45.0 Å². The molecule has 0 saturated heterocycles. The molecule has 0 aliphatic heterocycles. The second kappa shape index (κ2) is 9.22. The Labute approximate surface area is 151 Å². The molecule has 25 heavy (non-hydrogen) atoms. The van der Waals surface area contributed by atoms with E-state index in [0.717, 1.165) is 11.4 Å². The monoisotopic (exact) mass is 362 g/mol. The van der Waals surface area contributed by atoms with E-state index >= 15 is 0 Å². The van der Waals surface area contributed by atoms with Crippen LogP contribution in [0.25, 0.3) is 11.4 Å². The summed E-state index contributed by atoms with van der Waals surface area (Å²) < 4.78 is 7.07. The highest BCUT2D eigenvalue weighted by atomic mass is 32.2. The molecule has 0 aliphatic carbocycles. The van der Waals surface area contributed by atoms with Crippen molar-refractivity contribution in [1.82, 2.24) is 20.1 Å². The molecule has 1 N–H and O–H groups in total. The van der Waals surface area contributed by atoms with E-state index in [-0.39, 0.29) is 11.7 Å². The van der Waals surface area contributed by atoms with E-state index in [1.807, 2.05) is 48.7 Å². The van der Waals surface area contributed by atoms with Crippen LogP contribution in [0.5, 0.6) is 0 Å². The summed E-state index contributed by atoms with van der Waals surface area (Å²) in [5.41, 5.74) is 0.969. The summed E-state index contributed by atoms with van der Waals surface area (Å²) in [5, 5.41) is 11.6. The van der Waals surface area contributed by atoms with Gasteiger partial charge in [-0.3, -0.25) is 9.59 Å². The maximum atomic E-state index is 11.9. The van der Waals surface area contributed by atoms with Crippen molar-refractivity contribution in [3.8, 4) is 11.4 Å². The Balaban J connectivity index is 1.98. The number of rotatable bonds is 8. The molecule has 0 radical (unpaired) electrons. The minimum absolute atomic E-state index is 0.0661. The first-order valence-corrected chi connectivity index (χ1v) is 9.14. The SMILES string of the molecule is CCNC(=O)[C@H](C)OC(=O)CSc1nnc(-c2ccccc2)n1CC. The molecular formula is C17H22N4O3S. The third kappa shape index (κ3) is 5.06. The number of carbonyl (C=O) groups is 2. The third-order valence-electron chi connectivity index (χ3n) is 3.41. The molecule has 1 aromatic heterocycles. The molecule has 1 atom stereocenters. The highest BCUT2D eigenvalue weighted by molar-refractivity contribution is 7.99. The average Bonchev–Trinajstić information content (AvgIpc) is 3.03. The summed E-state index contributed by atoms with van der Waals surface area (Å²) >= 11 is 1.25. The third-order valence-corrected chi connectivity index (χ3v) is 4.35. The second-order valence-corrected chi connectivity index (χ2v) is 6.17. The first-order chi connectivity index (χ1) is 12.1. The molecule has 8 heteroatoms. The summed E-state index contributed by atoms with van der Waals surface area (Å²) in [6.07, 6.45) is -0.808. The minimum atomic E-state index is -0.808. The molecular weight excluding hydrogens is 340 g/mol. The van der Waals surface area contributed by atoms with Gasteiger partial charge in [-0.2, -0.15) is 0 Å². The van der Waals surface area contributed by atoms with E-state index in [1.165, 1.54) is 11.8 Å². The van der Waals surface area contributed by atoms with Gasteiger partial charge in [-0.1, -0.05) is 42.1 Å². The lowest BCUT2D eigenvalue weighted by atomic mass is 10.2. The number of likely N-dealkylation sites (N-methyl/N-ethyl adjacent to an activating group) is 1. The predicted octanol–water partition coefficient (Wildman–Crippen LogP) is 2.12. The van der Waals surface area contributed by atoms with Crippen LogP contribution >= 0.6 is 11.8 Å². The molecule has 2 aromatic rings. The van der Waals surface area contributed by atoms with E-state index in [1.54, 1.807) is 6.92 Å². The Morgan fingerprint density at radius 1 is 1.24 bits per heavy atom. The van der Waals surface area contributed by atoms with Crippen LogP contribution < -0.4 is 5.32 Å². The van der Waals surface area contributed by atoms with Gasteiger partial charge < -0.3 is 14.6 Å². The van der Waals surface area contributed by atoms with Crippen LogP contribution in [-0.2, 0) is 20.9 Å².